The lowest BCUT2D eigenvalue weighted by Gasteiger charge is -2.27. The zero-order valence-corrected chi connectivity index (χ0v) is 16.5. The Balaban J connectivity index is 2.19. The van der Waals surface area contributed by atoms with Gasteiger partial charge in [-0.05, 0) is 69.5 Å². The Morgan fingerprint density at radius 1 is 1.21 bits per heavy atom. The molecule has 0 radical (unpaired) electrons. The van der Waals surface area contributed by atoms with Crippen molar-refractivity contribution >= 4 is 17.7 Å². The third-order valence-electron chi connectivity index (χ3n) is 3.57. The molecule has 1 aromatic carbocycles. The largest absolute Gasteiger partial charge is 0.443 e. The molecule has 0 bridgehead atoms. The van der Waals surface area contributed by atoms with Crippen LogP contribution in [0.5, 0.6) is 0 Å². The third-order valence-corrected chi connectivity index (χ3v) is 3.57. The SMILES string of the molecule is Cc1cc(F)ccc1N(C(=O)CCC#Cc1ccccn1)C(=O)OC(C)(C)C. The summed E-state index contributed by atoms with van der Waals surface area (Å²) in [5, 5.41) is 0. The summed E-state index contributed by atoms with van der Waals surface area (Å²) >= 11 is 0. The van der Waals surface area contributed by atoms with Crippen molar-refractivity contribution in [1.29, 1.82) is 0 Å². The highest BCUT2D eigenvalue weighted by atomic mass is 19.1. The zero-order chi connectivity index (χ0) is 20.7. The number of pyridine rings is 1. The average Bonchev–Trinajstić information content (AvgIpc) is 2.60. The van der Waals surface area contributed by atoms with E-state index in [1.807, 2.05) is 6.07 Å². The van der Waals surface area contributed by atoms with E-state index < -0.39 is 23.4 Å². The number of aryl methyl sites for hydroxylation is 1. The van der Waals surface area contributed by atoms with Gasteiger partial charge in [0.15, 0.2) is 0 Å². The first-order chi connectivity index (χ1) is 13.2. The molecule has 146 valence electrons. The molecule has 1 aromatic heterocycles. The molecule has 0 aliphatic carbocycles. The quantitative estimate of drug-likeness (QED) is 0.726. The number of carbonyl (C=O) groups is 2. The fourth-order valence-corrected chi connectivity index (χ4v) is 2.38. The fraction of sp³-hybridized carbons (Fsp3) is 0.318. The van der Waals surface area contributed by atoms with E-state index in [1.165, 1.54) is 18.2 Å². The molecule has 0 saturated heterocycles. The highest BCUT2D eigenvalue weighted by Gasteiger charge is 2.29. The molecule has 28 heavy (non-hydrogen) atoms. The third kappa shape index (κ3) is 6.20. The van der Waals surface area contributed by atoms with Crippen LogP contribution in [0.2, 0.25) is 0 Å². The van der Waals surface area contributed by atoms with Gasteiger partial charge >= 0.3 is 6.09 Å². The van der Waals surface area contributed by atoms with Gasteiger partial charge in [0, 0.05) is 19.0 Å². The van der Waals surface area contributed by atoms with Crippen LogP contribution in [0.3, 0.4) is 0 Å². The maximum Gasteiger partial charge on any atom is 0.421 e. The molecule has 0 aliphatic heterocycles. The number of nitrogens with zero attached hydrogens (tertiary/aromatic N) is 2. The maximum atomic E-state index is 13.5. The minimum Gasteiger partial charge on any atom is -0.443 e. The van der Waals surface area contributed by atoms with Gasteiger partial charge in [-0.3, -0.25) is 4.79 Å². The van der Waals surface area contributed by atoms with E-state index >= 15 is 0 Å². The molecule has 2 amide bonds. The van der Waals surface area contributed by atoms with Crippen molar-refractivity contribution in [3.05, 3.63) is 59.7 Å². The summed E-state index contributed by atoms with van der Waals surface area (Å²) in [6.07, 6.45) is 1.09. The Labute approximate surface area is 164 Å². The number of anilines is 1. The van der Waals surface area contributed by atoms with Gasteiger partial charge in [-0.25, -0.2) is 19.1 Å². The molecule has 2 rings (SSSR count). The van der Waals surface area contributed by atoms with Gasteiger partial charge in [-0.2, -0.15) is 0 Å². The van der Waals surface area contributed by atoms with Crippen LogP contribution < -0.4 is 4.90 Å². The molecule has 0 N–H and O–H groups in total. The number of halogens is 1. The molecule has 0 spiro atoms. The fourth-order valence-electron chi connectivity index (χ4n) is 2.38. The number of aromatic nitrogens is 1. The Bertz CT molecular complexity index is 909. The van der Waals surface area contributed by atoms with Gasteiger partial charge in [-0.1, -0.05) is 12.0 Å². The topological polar surface area (TPSA) is 59.5 Å². The van der Waals surface area contributed by atoms with Crippen LogP contribution in [0.4, 0.5) is 14.9 Å². The number of rotatable bonds is 3. The Kier molecular flexibility index (Phi) is 6.89. The summed E-state index contributed by atoms with van der Waals surface area (Å²) in [7, 11) is 0. The van der Waals surface area contributed by atoms with Crippen molar-refractivity contribution in [2.24, 2.45) is 0 Å². The maximum absolute atomic E-state index is 13.5. The van der Waals surface area contributed by atoms with Crippen LogP contribution in [0.1, 0.15) is 44.9 Å². The van der Waals surface area contributed by atoms with Crippen LogP contribution in [0.15, 0.2) is 42.6 Å². The standard InChI is InChI=1S/C22H23FN2O3/c1-16-15-17(23)12-13-19(16)25(21(27)28-22(2,3)4)20(26)11-6-5-9-18-10-7-8-14-24-18/h7-8,10,12-15H,6,11H2,1-4H3. The Morgan fingerprint density at radius 3 is 2.57 bits per heavy atom. The number of imide groups is 1. The monoisotopic (exact) mass is 382 g/mol. The minimum atomic E-state index is -0.801. The van der Waals surface area contributed by atoms with Gasteiger partial charge in [0.05, 0.1) is 5.69 Å². The van der Waals surface area contributed by atoms with E-state index in [1.54, 1.807) is 46.0 Å². The van der Waals surface area contributed by atoms with E-state index in [0.717, 1.165) is 4.90 Å². The van der Waals surface area contributed by atoms with Crippen LogP contribution in [0.25, 0.3) is 0 Å². The van der Waals surface area contributed by atoms with Crippen molar-refractivity contribution in [3.63, 3.8) is 0 Å². The molecule has 2 aromatic rings. The van der Waals surface area contributed by atoms with Gasteiger partial charge in [0.1, 0.15) is 17.1 Å². The van der Waals surface area contributed by atoms with Crippen molar-refractivity contribution in [2.75, 3.05) is 4.90 Å². The van der Waals surface area contributed by atoms with Crippen LogP contribution in [0, 0.1) is 24.6 Å². The molecule has 6 heteroatoms. The van der Waals surface area contributed by atoms with Crippen molar-refractivity contribution < 1.29 is 18.7 Å². The van der Waals surface area contributed by atoms with E-state index in [0.29, 0.717) is 16.9 Å². The first kappa shape index (κ1) is 21.1. The molecule has 1 heterocycles. The molecule has 0 atom stereocenters. The average molecular weight is 382 g/mol. The number of ether oxygens (including phenoxy) is 1. The van der Waals surface area contributed by atoms with Crippen LogP contribution in [-0.4, -0.2) is 22.6 Å². The number of benzene rings is 1. The minimum absolute atomic E-state index is 0.00981. The summed E-state index contributed by atoms with van der Waals surface area (Å²) in [4.78, 5) is 30.4. The smallest absolute Gasteiger partial charge is 0.421 e. The van der Waals surface area contributed by atoms with Crippen molar-refractivity contribution in [3.8, 4) is 11.8 Å². The second-order valence-corrected chi connectivity index (χ2v) is 7.16. The molecule has 0 fully saturated rings. The van der Waals surface area contributed by atoms with Crippen LogP contribution >= 0.6 is 0 Å². The summed E-state index contributed by atoms with van der Waals surface area (Å²) < 4.78 is 18.8. The first-order valence-electron chi connectivity index (χ1n) is 8.89. The second kappa shape index (κ2) is 9.14. The molecule has 0 aliphatic rings. The van der Waals surface area contributed by atoms with E-state index in [9.17, 15) is 14.0 Å². The molecule has 0 saturated carbocycles. The lowest BCUT2D eigenvalue weighted by molar-refractivity contribution is -0.118. The highest BCUT2D eigenvalue weighted by Crippen LogP contribution is 2.24. The van der Waals surface area contributed by atoms with Gasteiger partial charge < -0.3 is 4.74 Å². The molecular formula is C22H23FN2O3. The lowest BCUT2D eigenvalue weighted by atomic mass is 10.1. The Hall–Kier alpha value is -3.20. The van der Waals surface area contributed by atoms with Gasteiger partial charge in [0.25, 0.3) is 0 Å². The predicted molar refractivity (Wildman–Crippen MR) is 105 cm³/mol. The summed E-state index contributed by atoms with van der Waals surface area (Å²) in [5.41, 5.74) is 0.577. The highest BCUT2D eigenvalue weighted by molar-refractivity contribution is 6.12. The number of amides is 2. The van der Waals surface area contributed by atoms with E-state index in [2.05, 4.69) is 16.8 Å². The zero-order valence-electron chi connectivity index (χ0n) is 16.5. The van der Waals surface area contributed by atoms with E-state index in [4.69, 9.17) is 4.74 Å². The second-order valence-electron chi connectivity index (χ2n) is 7.16. The van der Waals surface area contributed by atoms with Gasteiger partial charge in [-0.15, -0.1) is 0 Å². The van der Waals surface area contributed by atoms with Crippen molar-refractivity contribution in [1.82, 2.24) is 4.98 Å². The first-order valence-corrected chi connectivity index (χ1v) is 8.89. The van der Waals surface area contributed by atoms with Gasteiger partial charge in [0.2, 0.25) is 5.91 Å². The number of carbonyl (C=O) groups excluding carboxylic acids is 2. The molecule has 5 nitrogen and oxygen atoms in total. The number of hydrogen-bond acceptors (Lipinski definition) is 4. The van der Waals surface area contributed by atoms with E-state index in [-0.39, 0.29) is 12.8 Å². The van der Waals surface area contributed by atoms with Crippen molar-refractivity contribution in [2.45, 2.75) is 46.1 Å². The normalized spacial score (nSPS) is 10.6. The predicted octanol–water partition coefficient (Wildman–Crippen LogP) is 4.63. The lowest BCUT2D eigenvalue weighted by Crippen LogP contribution is -2.41. The summed E-state index contributed by atoms with van der Waals surface area (Å²) in [6.45, 7) is 6.76. The Morgan fingerprint density at radius 2 is 1.96 bits per heavy atom. The summed E-state index contributed by atoms with van der Waals surface area (Å²) in [5.74, 6) is 4.83. The van der Waals surface area contributed by atoms with Crippen LogP contribution in [-0.2, 0) is 9.53 Å². The molecular weight excluding hydrogens is 359 g/mol. The number of hydrogen-bond donors (Lipinski definition) is 0. The summed E-state index contributed by atoms with van der Waals surface area (Å²) in [6, 6.07) is 9.24. The molecule has 0 unspecified atom stereocenters.